The van der Waals surface area contributed by atoms with E-state index in [1.54, 1.807) is 0 Å². The van der Waals surface area contributed by atoms with Gasteiger partial charge >= 0.3 is 0 Å². The summed E-state index contributed by atoms with van der Waals surface area (Å²) in [7, 11) is 4.27. The lowest BCUT2D eigenvalue weighted by atomic mass is 9.81. The van der Waals surface area contributed by atoms with E-state index in [9.17, 15) is 0 Å². The molecule has 0 aromatic carbocycles. The monoisotopic (exact) mass is 200 g/mol. The Labute approximate surface area is 90.1 Å². The van der Waals surface area contributed by atoms with E-state index in [2.05, 4.69) is 52.0 Å². The van der Waals surface area contributed by atoms with E-state index in [0.29, 0.717) is 11.5 Å². The van der Waals surface area contributed by atoms with E-state index in [1.165, 1.54) is 19.4 Å². The maximum atomic E-state index is 3.33. The minimum absolute atomic E-state index is 0.452. The van der Waals surface area contributed by atoms with Crippen LogP contribution in [0, 0.1) is 5.41 Å². The van der Waals surface area contributed by atoms with Crippen LogP contribution in [0.25, 0.3) is 0 Å². The van der Waals surface area contributed by atoms with E-state index in [-0.39, 0.29) is 0 Å². The Bertz CT molecular complexity index is 139. The van der Waals surface area contributed by atoms with Crippen molar-refractivity contribution in [3.63, 3.8) is 0 Å². The summed E-state index contributed by atoms with van der Waals surface area (Å²) in [5, 5.41) is 3.33. The smallest absolute Gasteiger partial charge is 0.00496 e. The molecule has 2 nitrogen and oxygen atoms in total. The minimum atomic E-state index is 0.452. The summed E-state index contributed by atoms with van der Waals surface area (Å²) < 4.78 is 0. The molecule has 0 atom stereocenters. The second-order valence-corrected chi connectivity index (χ2v) is 4.75. The van der Waals surface area contributed by atoms with Crippen molar-refractivity contribution < 1.29 is 0 Å². The molecule has 0 heterocycles. The van der Waals surface area contributed by atoms with E-state index in [1.807, 2.05) is 0 Å². The Kier molecular flexibility index (Phi) is 6.38. The van der Waals surface area contributed by atoms with Gasteiger partial charge in [-0.1, -0.05) is 13.8 Å². The van der Waals surface area contributed by atoms with Crippen molar-refractivity contribution in [3.8, 4) is 0 Å². The fraction of sp³-hybridized carbons (Fsp3) is 1.00. The topological polar surface area (TPSA) is 15.3 Å². The molecule has 0 unspecified atom stereocenters. The fourth-order valence-electron chi connectivity index (χ4n) is 1.87. The minimum Gasteiger partial charge on any atom is -0.319 e. The van der Waals surface area contributed by atoms with E-state index < -0.39 is 0 Å². The number of hydrogen-bond donors (Lipinski definition) is 1. The summed E-state index contributed by atoms with van der Waals surface area (Å²) in [6, 6.07) is 0.643. The molecule has 0 amide bonds. The van der Waals surface area contributed by atoms with Gasteiger partial charge in [-0.25, -0.2) is 0 Å². The average molecular weight is 200 g/mol. The number of rotatable bonds is 7. The lowest BCUT2D eigenvalue weighted by molar-refractivity contribution is 0.135. The van der Waals surface area contributed by atoms with Crippen molar-refractivity contribution in [1.82, 2.24) is 10.2 Å². The summed E-state index contributed by atoms with van der Waals surface area (Å²) in [6.45, 7) is 11.4. The molecule has 1 N–H and O–H groups in total. The Hall–Kier alpha value is -0.0800. The first-order valence-corrected chi connectivity index (χ1v) is 5.86. The number of nitrogens with one attached hydrogen (secondary N) is 1. The quantitative estimate of drug-likeness (QED) is 0.678. The summed E-state index contributed by atoms with van der Waals surface area (Å²) in [5.41, 5.74) is 0.452. The van der Waals surface area contributed by atoms with E-state index >= 15 is 0 Å². The van der Waals surface area contributed by atoms with Crippen molar-refractivity contribution in [2.45, 2.75) is 46.6 Å². The first-order chi connectivity index (χ1) is 6.51. The van der Waals surface area contributed by atoms with Crippen molar-refractivity contribution in [2.75, 3.05) is 27.2 Å². The van der Waals surface area contributed by atoms with Gasteiger partial charge in [-0.05, 0) is 46.2 Å². The zero-order valence-electron chi connectivity index (χ0n) is 10.9. The second-order valence-electron chi connectivity index (χ2n) is 4.75. The molecule has 0 bridgehead atoms. The number of nitrogens with zero attached hydrogens (tertiary/aromatic N) is 1. The van der Waals surface area contributed by atoms with Crippen molar-refractivity contribution >= 4 is 0 Å². The molecule has 0 aliphatic heterocycles. The van der Waals surface area contributed by atoms with Gasteiger partial charge in [-0.15, -0.1) is 0 Å². The van der Waals surface area contributed by atoms with Gasteiger partial charge in [0.25, 0.3) is 0 Å². The molecule has 0 radical (unpaired) electrons. The summed E-state index contributed by atoms with van der Waals surface area (Å²) >= 11 is 0. The van der Waals surface area contributed by atoms with Gasteiger partial charge in [0.15, 0.2) is 0 Å². The Morgan fingerprint density at radius 1 is 1.21 bits per heavy atom. The summed E-state index contributed by atoms with van der Waals surface area (Å²) in [6.07, 6.45) is 2.50. The Balaban J connectivity index is 4.33. The Morgan fingerprint density at radius 2 is 1.71 bits per heavy atom. The van der Waals surface area contributed by atoms with Crippen LogP contribution in [0.5, 0.6) is 0 Å². The zero-order chi connectivity index (χ0) is 11.2. The van der Waals surface area contributed by atoms with E-state index in [4.69, 9.17) is 0 Å². The zero-order valence-corrected chi connectivity index (χ0v) is 10.9. The summed E-state index contributed by atoms with van der Waals surface area (Å²) in [4.78, 5) is 2.45. The summed E-state index contributed by atoms with van der Waals surface area (Å²) in [5.74, 6) is 0. The third-order valence-electron chi connectivity index (χ3n) is 3.52. The predicted molar refractivity (Wildman–Crippen MR) is 64.7 cm³/mol. The molecule has 0 spiro atoms. The molecule has 0 fully saturated rings. The van der Waals surface area contributed by atoms with Crippen LogP contribution in [0.3, 0.4) is 0 Å². The lowest BCUT2D eigenvalue weighted by Crippen LogP contribution is -2.43. The Morgan fingerprint density at radius 3 is 2.00 bits per heavy atom. The maximum absolute atomic E-state index is 3.33. The van der Waals surface area contributed by atoms with Crippen LogP contribution in [0.2, 0.25) is 0 Å². The van der Waals surface area contributed by atoms with Crippen LogP contribution < -0.4 is 5.32 Å². The highest BCUT2D eigenvalue weighted by Gasteiger charge is 2.27. The van der Waals surface area contributed by atoms with Gasteiger partial charge in [0.05, 0.1) is 0 Å². The van der Waals surface area contributed by atoms with E-state index in [0.717, 1.165) is 6.54 Å². The fourth-order valence-corrected chi connectivity index (χ4v) is 1.87. The van der Waals surface area contributed by atoms with Crippen LogP contribution in [-0.4, -0.2) is 38.1 Å². The third-order valence-corrected chi connectivity index (χ3v) is 3.52. The highest BCUT2D eigenvalue weighted by Crippen LogP contribution is 2.26. The predicted octanol–water partition coefficient (Wildman–Crippen LogP) is 2.35. The van der Waals surface area contributed by atoms with Crippen LogP contribution in [0.1, 0.15) is 40.5 Å². The van der Waals surface area contributed by atoms with Crippen LogP contribution >= 0.6 is 0 Å². The van der Waals surface area contributed by atoms with Crippen LogP contribution in [-0.2, 0) is 0 Å². The van der Waals surface area contributed by atoms with Gasteiger partial charge in [0, 0.05) is 19.1 Å². The molecule has 0 aliphatic rings. The first kappa shape index (κ1) is 13.9. The molecule has 86 valence electrons. The van der Waals surface area contributed by atoms with Crippen molar-refractivity contribution in [3.05, 3.63) is 0 Å². The molecule has 0 aromatic rings. The molecule has 0 aromatic heterocycles. The largest absolute Gasteiger partial charge is 0.319 e. The average Bonchev–Trinajstić information content (AvgIpc) is 2.16. The normalized spacial score (nSPS) is 12.9. The van der Waals surface area contributed by atoms with Crippen LogP contribution in [0.4, 0.5) is 0 Å². The SMILES string of the molecule is CCC(CC)(CNC)CN(C)C(C)C. The molecule has 0 saturated heterocycles. The molecular formula is C12H28N2. The maximum Gasteiger partial charge on any atom is 0.00496 e. The second kappa shape index (κ2) is 6.41. The highest BCUT2D eigenvalue weighted by atomic mass is 15.1. The molecule has 0 rings (SSSR count). The van der Waals surface area contributed by atoms with Gasteiger partial charge < -0.3 is 10.2 Å². The van der Waals surface area contributed by atoms with Gasteiger partial charge in [0.1, 0.15) is 0 Å². The van der Waals surface area contributed by atoms with Gasteiger partial charge in [-0.3, -0.25) is 0 Å². The van der Waals surface area contributed by atoms with Crippen LogP contribution in [0.15, 0.2) is 0 Å². The lowest BCUT2D eigenvalue weighted by Gasteiger charge is -2.37. The molecule has 2 heteroatoms. The van der Waals surface area contributed by atoms with Crippen molar-refractivity contribution in [2.24, 2.45) is 5.41 Å². The first-order valence-electron chi connectivity index (χ1n) is 5.86. The van der Waals surface area contributed by atoms with Crippen molar-refractivity contribution in [1.29, 1.82) is 0 Å². The molecular weight excluding hydrogens is 172 g/mol. The molecule has 0 aliphatic carbocycles. The molecule has 14 heavy (non-hydrogen) atoms. The number of hydrogen-bond acceptors (Lipinski definition) is 2. The molecule has 0 saturated carbocycles. The third kappa shape index (κ3) is 3.97. The van der Waals surface area contributed by atoms with Gasteiger partial charge in [0.2, 0.25) is 0 Å². The highest BCUT2D eigenvalue weighted by molar-refractivity contribution is 4.82. The standard InChI is InChI=1S/C12H28N2/c1-7-12(8-2,9-13-5)10-14(6)11(3)4/h11,13H,7-10H2,1-6H3. The van der Waals surface area contributed by atoms with Gasteiger partial charge in [-0.2, -0.15) is 0 Å².